The van der Waals surface area contributed by atoms with Crippen LogP contribution < -0.4 is 0 Å². The van der Waals surface area contributed by atoms with Gasteiger partial charge in [-0.25, -0.2) is 4.39 Å². The number of hydrogen-bond acceptors (Lipinski definition) is 3. The van der Waals surface area contributed by atoms with E-state index in [1.54, 1.807) is 37.6 Å². The topological polar surface area (TPSA) is 42.9 Å². The van der Waals surface area contributed by atoms with Crippen LogP contribution in [0, 0.1) is 12.7 Å². The number of carbonyl (C=O) groups excluding carboxylic acids is 1. The van der Waals surface area contributed by atoms with Crippen LogP contribution in [-0.2, 0) is 17.6 Å². The van der Waals surface area contributed by atoms with Gasteiger partial charge in [0.25, 0.3) is 0 Å². The van der Waals surface area contributed by atoms with E-state index < -0.39 is 0 Å². The molecule has 0 aliphatic heterocycles. The first kappa shape index (κ1) is 12.4. The monoisotopic (exact) mass is 244 g/mol. The van der Waals surface area contributed by atoms with Crippen molar-refractivity contribution in [3.63, 3.8) is 0 Å². The van der Waals surface area contributed by atoms with Gasteiger partial charge in [0.2, 0.25) is 0 Å². The standard InChI is InChI=1S/C14H13FN2O/c1-10-6-11(2-3-14(10)15)7-13(18)8-12-9-16-4-5-17-12/h2-6,9H,7-8H2,1H3. The Morgan fingerprint density at radius 2 is 2.11 bits per heavy atom. The summed E-state index contributed by atoms with van der Waals surface area (Å²) in [5.41, 5.74) is 2.03. The van der Waals surface area contributed by atoms with Crippen LogP contribution in [0.5, 0.6) is 0 Å². The first-order chi connectivity index (χ1) is 8.65. The van der Waals surface area contributed by atoms with Gasteiger partial charge in [0.15, 0.2) is 0 Å². The Labute approximate surface area is 105 Å². The third kappa shape index (κ3) is 3.20. The molecule has 0 fully saturated rings. The van der Waals surface area contributed by atoms with Crippen molar-refractivity contribution in [3.8, 4) is 0 Å². The van der Waals surface area contributed by atoms with E-state index in [0.29, 0.717) is 11.3 Å². The predicted octanol–water partition coefficient (Wildman–Crippen LogP) is 2.28. The van der Waals surface area contributed by atoms with Crippen molar-refractivity contribution in [1.29, 1.82) is 0 Å². The van der Waals surface area contributed by atoms with Gasteiger partial charge in [-0.15, -0.1) is 0 Å². The predicted molar refractivity (Wildman–Crippen MR) is 65.6 cm³/mol. The minimum Gasteiger partial charge on any atom is -0.299 e. The van der Waals surface area contributed by atoms with Crippen molar-refractivity contribution in [2.24, 2.45) is 0 Å². The van der Waals surface area contributed by atoms with Crippen molar-refractivity contribution in [1.82, 2.24) is 9.97 Å². The number of carbonyl (C=O) groups is 1. The summed E-state index contributed by atoms with van der Waals surface area (Å²) < 4.78 is 13.1. The van der Waals surface area contributed by atoms with Crippen molar-refractivity contribution in [3.05, 3.63) is 59.4 Å². The maximum absolute atomic E-state index is 13.1. The van der Waals surface area contributed by atoms with Crippen molar-refractivity contribution < 1.29 is 9.18 Å². The molecule has 1 aromatic carbocycles. The third-order valence-corrected chi connectivity index (χ3v) is 2.62. The zero-order chi connectivity index (χ0) is 13.0. The molecule has 18 heavy (non-hydrogen) atoms. The molecule has 2 rings (SSSR count). The first-order valence-electron chi connectivity index (χ1n) is 5.67. The van der Waals surface area contributed by atoms with Gasteiger partial charge in [-0.1, -0.05) is 12.1 Å². The van der Waals surface area contributed by atoms with Crippen LogP contribution in [0.2, 0.25) is 0 Å². The average molecular weight is 244 g/mol. The van der Waals surface area contributed by atoms with Crippen LogP contribution in [0.1, 0.15) is 16.8 Å². The largest absolute Gasteiger partial charge is 0.299 e. The summed E-state index contributed by atoms with van der Waals surface area (Å²) in [5, 5.41) is 0. The molecule has 0 N–H and O–H groups in total. The zero-order valence-corrected chi connectivity index (χ0v) is 10.1. The van der Waals surface area contributed by atoms with E-state index in [2.05, 4.69) is 9.97 Å². The lowest BCUT2D eigenvalue weighted by Gasteiger charge is -2.03. The van der Waals surface area contributed by atoms with Gasteiger partial charge >= 0.3 is 0 Å². The second-order valence-corrected chi connectivity index (χ2v) is 4.17. The van der Waals surface area contributed by atoms with Gasteiger partial charge in [0.05, 0.1) is 12.1 Å². The number of aryl methyl sites for hydroxylation is 1. The molecule has 1 aromatic heterocycles. The fourth-order valence-electron chi connectivity index (χ4n) is 1.73. The number of nitrogens with zero attached hydrogens (tertiary/aromatic N) is 2. The molecular weight excluding hydrogens is 231 g/mol. The molecule has 1 heterocycles. The first-order valence-corrected chi connectivity index (χ1v) is 5.67. The van der Waals surface area contributed by atoms with Gasteiger partial charge in [-0.3, -0.25) is 14.8 Å². The van der Waals surface area contributed by atoms with E-state index in [1.807, 2.05) is 0 Å². The van der Waals surface area contributed by atoms with Crippen molar-refractivity contribution in [2.75, 3.05) is 0 Å². The van der Waals surface area contributed by atoms with Crippen LogP contribution in [0.15, 0.2) is 36.8 Å². The van der Waals surface area contributed by atoms with E-state index in [-0.39, 0.29) is 24.4 Å². The fourth-order valence-corrected chi connectivity index (χ4v) is 1.73. The van der Waals surface area contributed by atoms with E-state index in [4.69, 9.17) is 0 Å². The average Bonchev–Trinajstić information content (AvgIpc) is 2.35. The quantitative estimate of drug-likeness (QED) is 0.828. The van der Waals surface area contributed by atoms with E-state index >= 15 is 0 Å². The van der Waals surface area contributed by atoms with Crippen molar-refractivity contribution >= 4 is 5.78 Å². The van der Waals surface area contributed by atoms with E-state index in [0.717, 1.165) is 5.56 Å². The molecule has 0 saturated heterocycles. The molecule has 0 amide bonds. The number of ketones is 1. The third-order valence-electron chi connectivity index (χ3n) is 2.62. The minimum atomic E-state index is -0.250. The summed E-state index contributed by atoms with van der Waals surface area (Å²) in [7, 11) is 0. The number of rotatable bonds is 4. The molecule has 0 unspecified atom stereocenters. The normalized spacial score (nSPS) is 10.3. The molecule has 0 aliphatic rings. The Morgan fingerprint density at radius 1 is 1.28 bits per heavy atom. The smallest absolute Gasteiger partial charge is 0.143 e. The molecule has 3 nitrogen and oxygen atoms in total. The number of benzene rings is 1. The highest BCUT2D eigenvalue weighted by Gasteiger charge is 2.07. The summed E-state index contributed by atoms with van der Waals surface area (Å²) in [6, 6.07) is 4.72. The Kier molecular flexibility index (Phi) is 3.77. The van der Waals surface area contributed by atoms with Gasteiger partial charge in [-0.2, -0.15) is 0 Å². The van der Waals surface area contributed by atoms with Gasteiger partial charge < -0.3 is 0 Å². The van der Waals surface area contributed by atoms with Gasteiger partial charge in [0, 0.05) is 25.0 Å². The molecule has 0 bridgehead atoms. The summed E-state index contributed by atoms with van der Waals surface area (Å²) in [6.45, 7) is 1.69. The maximum atomic E-state index is 13.1. The molecule has 0 radical (unpaired) electrons. The Balaban J connectivity index is 2.01. The minimum absolute atomic E-state index is 0.0431. The molecule has 0 atom stereocenters. The van der Waals surface area contributed by atoms with Crippen LogP contribution >= 0.6 is 0 Å². The highest BCUT2D eigenvalue weighted by atomic mass is 19.1. The van der Waals surface area contributed by atoms with Gasteiger partial charge in [0.1, 0.15) is 11.6 Å². The number of aromatic nitrogens is 2. The maximum Gasteiger partial charge on any atom is 0.143 e. The van der Waals surface area contributed by atoms with Crippen LogP contribution in [0.25, 0.3) is 0 Å². The van der Waals surface area contributed by atoms with Crippen LogP contribution in [0.3, 0.4) is 0 Å². The number of halogens is 1. The summed E-state index contributed by atoms with van der Waals surface area (Å²) in [5.74, 6) is -0.207. The lowest BCUT2D eigenvalue weighted by Crippen LogP contribution is -2.08. The Bertz CT molecular complexity index is 555. The molecule has 92 valence electrons. The molecule has 4 heteroatoms. The number of hydrogen-bond donors (Lipinski definition) is 0. The highest BCUT2D eigenvalue weighted by Crippen LogP contribution is 2.10. The second-order valence-electron chi connectivity index (χ2n) is 4.17. The fraction of sp³-hybridized carbons (Fsp3) is 0.214. The summed E-state index contributed by atoms with van der Waals surface area (Å²) >= 11 is 0. The Morgan fingerprint density at radius 3 is 2.78 bits per heavy atom. The van der Waals surface area contributed by atoms with Crippen LogP contribution in [0.4, 0.5) is 4.39 Å². The number of Topliss-reactive ketones (excluding diaryl/α,β-unsaturated/α-hetero) is 1. The molecule has 2 aromatic rings. The second kappa shape index (κ2) is 5.49. The van der Waals surface area contributed by atoms with E-state index in [1.165, 1.54) is 6.07 Å². The van der Waals surface area contributed by atoms with E-state index in [9.17, 15) is 9.18 Å². The Hall–Kier alpha value is -2.10. The van der Waals surface area contributed by atoms with Gasteiger partial charge in [-0.05, 0) is 24.1 Å². The SMILES string of the molecule is Cc1cc(CC(=O)Cc2cnccn2)ccc1F. The lowest BCUT2D eigenvalue weighted by atomic mass is 10.0. The summed E-state index contributed by atoms with van der Waals surface area (Å²) in [4.78, 5) is 19.8. The zero-order valence-electron chi connectivity index (χ0n) is 10.1. The summed E-state index contributed by atoms with van der Waals surface area (Å²) in [6.07, 6.45) is 5.25. The molecule has 0 saturated carbocycles. The molecule has 0 aliphatic carbocycles. The lowest BCUT2D eigenvalue weighted by molar-refractivity contribution is -0.117. The highest BCUT2D eigenvalue weighted by molar-refractivity contribution is 5.82. The van der Waals surface area contributed by atoms with Crippen molar-refractivity contribution in [2.45, 2.75) is 19.8 Å². The molecular formula is C14H13FN2O. The van der Waals surface area contributed by atoms with Crippen LogP contribution in [-0.4, -0.2) is 15.8 Å². The molecule has 0 spiro atoms.